The maximum absolute atomic E-state index is 13.4. The van der Waals surface area contributed by atoms with Crippen molar-refractivity contribution in [1.82, 2.24) is 5.32 Å². The highest BCUT2D eigenvalue weighted by Gasteiger charge is 2.23. The van der Waals surface area contributed by atoms with E-state index < -0.39 is 11.7 Å². The number of amides is 2. The molecule has 0 bridgehead atoms. The average molecular weight is 532 g/mol. The summed E-state index contributed by atoms with van der Waals surface area (Å²) in [6.45, 7) is 0. The summed E-state index contributed by atoms with van der Waals surface area (Å²) in [5.41, 5.74) is 2.32. The third-order valence-corrected chi connectivity index (χ3v) is 6.73. The van der Waals surface area contributed by atoms with Gasteiger partial charge in [0.25, 0.3) is 5.91 Å². The van der Waals surface area contributed by atoms with Gasteiger partial charge in [-0.3, -0.25) is 9.59 Å². The molecule has 0 unspecified atom stereocenters. The lowest BCUT2D eigenvalue weighted by Crippen LogP contribution is -2.44. The fourth-order valence-corrected chi connectivity index (χ4v) is 4.54. The van der Waals surface area contributed by atoms with Gasteiger partial charge in [0.15, 0.2) is 0 Å². The number of para-hydroxylation sites is 1. The minimum Gasteiger partial charge on any atom is -0.495 e. The molecule has 8 nitrogen and oxygen atoms in total. The van der Waals surface area contributed by atoms with Crippen molar-refractivity contribution in [3.63, 3.8) is 0 Å². The Hall–Kier alpha value is -4.24. The maximum atomic E-state index is 13.4. The Morgan fingerprint density at radius 1 is 1.03 bits per heavy atom. The van der Waals surface area contributed by atoms with Gasteiger partial charge in [-0.05, 0) is 60.9 Å². The van der Waals surface area contributed by atoms with E-state index in [4.69, 9.17) is 9.15 Å². The lowest BCUT2D eigenvalue weighted by atomic mass is 10.1. The summed E-state index contributed by atoms with van der Waals surface area (Å²) in [5, 5.41) is 6.56. The van der Waals surface area contributed by atoms with Crippen LogP contribution in [-0.2, 0) is 4.79 Å². The number of benzene rings is 3. The van der Waals surface area contributed by atoms with Gasteiger partial charge in [0.05, 0.1) is 18.5 Å². The Kier molecular flexibility index (Phi) is 8.70. The van der Waals surface area contributed by atoms with Crippen LogP contribution in [0.5, 0.6) is 5.75 Å². The Bertz CT molecular complexity index is 1490. The van der Waals surface area contributed by atoms with Gasteiger partial charge >= 0.3 is 5.63 Å². The van der Waals surface area contributed by atoms with E-state index in [0.29, 0.717) is 46.1 Å². The lowest BCUT2D eigenvalue weighted by Gasteiger charge is -2.23. The molecule has 0 fully saturated rings. The largest absolute Gasteiger partial charge is 0.495 e. The van der Waals surface area contributed by atoms with E-state index in [2.05, 4.69) is 10.6 Å². The van der Waals surface area contributed by atoms with Crippen molar-refractivity contribution in [2.75, 3.05) is 36.4 Å². The molecule has 0 spiro atoms. The monoisotopic (exact) mass is 531 g/mol. The van der Waals surface area contributed by atoms with Crippen molar-refractivity contribution in [2.24, 2.45) is 0 Å². The topological polar surface area (TPSA) is 101 Å². The summed E-state index contributed by atoms with van der Waals surface area (Å²) in [4.78, 5) is 40.2. The van der Waals surface area contributed by atoms with Crippen molar-refractivity contribution in [3.8, 4) is 5.75 Å². The van der Waals surface area contributed by atoms with Gasteiger partial charge in [-0.25, -0.2) is 4.79 Å². The second-order valence-corrected chi connectivity index (χ2v) is 9.54. The van der Waals surface area contributed by atoms with Gasteiger partial charge in [0.2, 0.25) is 5.91 Å². The quantitative estimate of drug-likeness (QED) is 0.276. The third kappa shape index (κ3) is 6.18. The summed E-state index contributed by atoms with van der Waals surface area (Å²) in [6, 6.07) is 22.1. The lowest BCUT2D eigenvalue weighted by molar-refractivity contribution is -0.118. The van der Waals surface area contributed by atoms with Crippen LogP contribution in [0.15, 0.2) is 88.1 Å². The van der Waals surface area contributed by atoms with Gasteiger partial charge < -0.3 is 24.7 Å². The molecule has 0 aliphatic carbocycles. The Morgan fingerprint density at radius 3 is 2.50 bits per heavy atom. The summed E-state index contributed by atoms with van der Waals surface area (Å²) >= 11 is 1.59. The molecule has 1 aromatic heterocycles. The predicted molar refractivity (Wildman–Crippen MR) is 153 cm³/mol. The molecule has 4 rings (SSSR count). The Morgan fingerprint density at radius 2 is 1.76 bits per heavy atom. The summed E-state index contributed by atoms with van der Waals surface area (Å²) < 4.78 is 10.8. The molecule has 196 valence electrons. The highest BCUT2D eigenvalue weighted by atomic mass is 32.2. The fourth-order valence-electron chi connectivity index (χ4n) is 4.07. The Balaban J connectivity index is 1.61. The fraction of sp³-hybridized carbons (Fsp3) is 0.207. The summed E-state index contributed by atoms with van der Waals surface area (Å²) in [5.74, 6) is 0.483. The van der Waals surface area contributed by atoms with E-state index in [9.17, 15) is 14.4 Å². The number of nitrogens with one attached hydrogen (secondary N) is 2. The molecule has 3 aromatic carbocycles. The number of ether oxygens (including phenoxy) is 1. The van der Waals surface area contributed by atoms with Gasteiger partial charge in [0, 0.05) is 29.8 Å². The molecule has 1 atom stereocenters. The smallest absolute Gasteiger partial charge is 0.338 e. The van der Waals surface area contributed by atoms with Crippen LogP contribution in [0.25, 0.3) is 11.0 Å². The van der Waals surface area contributed by atoms with Gasteiger partial charge in [-0.2, -0.15) is 11.8 Å². The molecular weight excluding hydrogens is 502 g/mol. The number of carbonyl (C=O) groups excluding carboxylic acids is 2. The first kappa shape index (κ1) is 26.8. The molecule has 9 heteroatoms. The zero-order chi connectivity index (χ0) is 27.1. The first-order chi connectivity index (χ1) is 18.4. The highest BCUT2D eigenvalue weighted by Crippen LogP contribution is 2.34. The van der Waals surface area contributed by atoms with Gasteiger partial charge in [-0.15, -0.1) is 0 Å². The molecule has 0 aliphatic rings. The van der Waals surface area contributed by atoms with Crippen LogP contribution in [-0.4, -0.2) is 44.0 Å². The molecule has 4 aromatic rings. The van der Waals surface area contributed by atoms with Gasteiger partial charge in [-0.1, -0.05) is 30.3 Å². The SMILES string of the molecule is COc1ccc(N(C)c2cc(=O)oc3ccccc23)cc1NC(=O)[C@H](CCSC)NC(=O)c1ccccc1. The third-order valence-electron chi connectivity index (χ3n) is 6.09. The molecule has 2 amide bonds. The maximum Gasteiger partial charge on any atom is 0.338 e. The van der Waals surface area contributed by atoms with E-state index >= 15 is 0 Å². The molecular formula is C29H29N3O5S. The van der Waals surface area contributed by atoms with E-state index in [1.54, 1.807) is 60.3 Å². The van der Waals surface area contributed by atoms with Crippen molar-refractivity contribution in [2.45, 2.75) is 12.5 Å². The first-order valence-corrected chi connectivity index (χ1v) is 13.4. The Labute approximate surface area is 225 Å². The van der Waals surface area contributed by atoms with Crippen molar-refractivity contribution in [1.29, 1.82) is 0 Å². The number of methoxy groups -OCH3 is 1. The van der Waals surface area contributed by atoms with Crippen molar-refractivity contribution in [3.05, 3.63) is 94.8 Å². The second kappa shape index (κ2) is 12.3. The molecule has 0 radical (unpaired) electrons. The van der Waals surface area contributed by atoms with Gasteiger partial charge in [0.1, 0.15) is 17.4 Å². The van der Waals surface area contributed by atoms with Crippen molar-refractivity contribution >= 4 is 51.6 Å². The number of rotatable bonds is 10. The van der Waals surface area contributed by atoms with Crippen molar-refractivity contribution < 1.29 is 18.7 Å². The van der Waals surface area contributed by atoms with Crippen LogP contribution in [0.1, 0.15) is 16.8 Å². The summed E-state index contributed by atoms with van der Waals surface area (Å²) in [7, 11) is 3.35. The minimum atomic E-state index is -0.746. The first-order valence-electron chi connectivity index (χ1n) is 12.0. The molecule has 1 heterocycles. The number of thioether (sulfide) groups is 1. The molecule has 0 saturated heterocycles. The van der Waals surface area contributed by atoms with Crippen LogP contribution in [0.3, 0.4) is 0 Å². The molecule has 38 heavy (non-hydrogen) atoms. The van der Waals surface area contributed by atoms with Crippen LogP contribution < -0.4 is 25.9 Å². The normalized spacial score (nSPS) is 11.6. The van der Waals surface area contributed by atoms with E-state index in [1.165, 1.54) is 13.2 Å². The number of fused-ring (bicyclic) bond motifs is 1. The van der Waals surface area contributed by atoms with Crippen LogP contribution in [0, 0.1) is 0 Å². The minimum absolute atomic E-state index is 0.318. The van der Waals surface area contributed by atoms with E-state index in [1.807, 2.05) is 42.5 Å². The predicted octanol–water partition coefficient (Wildman–Crippen LogP) is 5.06. The number of hydrogen-bond acceptors (Lipinski definition) is 7. The zero-order valence-electron chi connectivity index (χ0n) is 21.4. The van der Waals surface area contributed by atoms with E-state index in [-0.39, 0.29) is 11.8 Å². The molecule has 0 saturated carbocycles. The molecule has 0 aliphatic heterocycles. The van der Waals surface area contributed by atoms with Crippen LogP contribution in [0.2, 0.25) is 0 Å². The second-order valence-electron chi connectivity index (χ2n) is 8.55. The average Bonchev–Trinajstić information content (AvgIpc) is 2.94. The van der Waals surface area contributed by atoms with Crippen LogP contribution in [0.4, 0.5) is 17.1 Å². The molecule has 2 N–H and O–H groups in total. The summed E-state index contributed by atoms with van der Waals surface area (Å²) in [6.07, 6.45) is 2.41. The van der Waals surface area contributed by atoms with Crippen LogP contribution >= 0.6 is 11.8 Å². The standard InChI is InChI=1S/C29H29N3O5S/c1-32(24-18-27(33)37-25-12-8-7-11-21(24)25)20-13-14-26(36-2)23(17-20)31-29(35)22(15-16-38-3)30-28(34)19-9-5-4-6-10-19/h4-14,17-18,22H,15-16H2,1-3H3,(H,30,34)(H,31,35)/t22-/m0/s1. The number of anilines is 3. The van der Waals surface area contributed by atoms with E-state index in [0.717, 1.165) is 5.39 Å². The number of carbonyl (C=O) groups is 2. The zero-order valence-corrected chi connectivity index (χ0v) is 22.2. The highest BCUT2D eigenvalue weighted by molar-refractivity contribution is 7.98. The number of nitrogens with zero attached hydrogens (tertiary/aromatic N) is 1. The number of hydrogen-bond donors (Lipinski definition) is 2.